The van der Waals surface area contributed by atoms with Crippen molar-refractivity contribution in [3.05, 3.63) is 63.5 Å². The molecule has 0 saturated heterocycles. The number of nitrogens with zero attached hydrogens (tertiary/aromatic N) is 2. The standard InChI is InChI=1S/C21H21N3O2S/c25-19(13-18-20-14(9-11-26-18)10-12-27-20)22-21-16-7-4-8-17(16)23-24(21)15-5-2-1-3-6-15/h1-3,5-6,10,12,18H,4,7-9,11,13H2,(H,22,25)/t18-/m0/s1. The molecule has 1 aliphatic heterocycles. The van der Waals surface area contributed by atoms with Gasteiger partial charge in [0.2, 0.25) is 5.91 Å². The number of carbonyl (C=O) groups is 1. The molecule has 5 nitrogen and oxygen atoms in total. The summed E-state index contributed by atoms with van der Waals surface area (Å²) in [5.41, 5.74) is 4.56. The van der Waals surface area contributed by atoms with Crippen LogP contribution in [0, 0.1) is 0 Å². The van der Waals surface area contributed by atoms with Crippen molar-refractivity contribution < 1.29 is 9.53 Å². The molecule has 1 aromatic carbocycles. The molecule has 5 rings (SSSR count). The molecule has 0 spiro atoms. The van der Waals surface area contributed by atoms with Crippen molar-refractivity contribution in [2.75, 3.05) is 11.9 Å². The Kier molecular flexibility index (Phi) is 4.30. The highest BCUT2D eigenvalue weighted by Gasteiger charge is 2.28. The summed E-state index contributed by atoms with van der Waals surface area (Å²) in [4.78, 5) is 14.1. The van der Waals surface area contributed by atoms with Crippen molar-refractivity contribution in [2.24, 2.45) is 0 Å². The van der Waals surface area contributed by atoms with Gasteiger partial charge in [-0.1, -0.05) is 18.2 Å². The number of thiophene rings is 1. The Morgan fingerprint density at radius 2 is 2.11 bits per heavy atom. The lowest BCUT2D eigenvalue weighted by molar-refractivity contribution is -0.119. The monoisotopic (exact) mass is 379 g/mol. The number of aryl methyl sites for hydroxylation is 1. The minimum absolute atomic E-state index is 0.0203. The number of nitrogens with one attached hydrogen (secondary N) is 1. The highest BCUT2D eigenvalue weighted by atomic mass is 32.1. The molecule has 1 amide bonds. The zero-order chi connectivity index (χ0) is 18.2. The third-order valence-electron chi connectivity index (χ3n) is 5.30. The van der Waals surface area contributed by atoms with Gasteiger partial charge in [-0.2, -0.15) is 5.10 Å². The molecule has 6 heteroatoms. The smallest absolute Gasteiger partial charge is 0.228 e. The first-order valence-corrected chi connectivity index (χ1v) is 10.3. The van der Waals surface area contributed by atoms with Gasteiger partial charge in [-0.3, -0.25) is 4.79 Å². The van der Waals surface area contributed by atoms with Crippen LogP contribution < -0.4 is 5.32 Å². The van der Waals surface area contributed by atoms with Crippen LogP contribution in [0.2, 0.25) is 0 Å². The maximum atomic E-state index is 12.9. The van der Waals surface area contributed by atoms with Crippen molar-refractivity contribution in [2.45, 2.75) is 38.2 Å². The summed E-state index contributed by atoms with van der Waals surface area (Å²) in [6.45, 7) is 0.680. The highest BCUT2D eigenvalue weighted by Crippen LogP contribution is 2.35. The van der Waals surface area contributed by atoms with Crippen molar-refractivity contribution in [1.29, 1.82) is 0 Å². The predicted octanol–water partition coefficient (Wildman–Crippen LogP) is 4.07. The van der Waals surface area contributed by atoms with E-state index in [9.17, 15) is 4.79 Å². The van der Waals surface area contributed by atoms with E-state index in [0.29, 0.717) is 13.0 Å². The van der Waals surface area contributed by atoms with E-state index < -0.39 is 0 Å². The van der Waals surface area contributed by atoms with E-state index in [1.54, 1.807) is 11.3 Å². The lowest BCUT2D eigenvalue weighted by atomic mass is 10.1. The first-order chi connectivity index (χ1) is 13.3. The van der Waals surface area contributed by atoms with Gasteiger partial charge >= 0.3 is 0 Å². The van der Waals surface area contributed by atoms with Crippen LogP contribution in [0.1, 0.15) is 40.6 Å². The van der Waals surface area contributed by atoms with Crippen LogP contribution in [0.15, 0.2) is 41.8 Å². The zero-order valence-corrected chi connectivity index (χ0v) is 15.8. The second-order valence-corrected chi connectivity index (χ2v) is 7.99. The van der Waals surface area contributed by atoms with Gasteiger partial charge in [-0.05, 0) is 54.8 Å². The van der Waals surface area contributed by atoms with Gasteiger partial charge in [0.1, 0.15) is 11.9 Å². The van der Waals surface area contributed by atoms with Gasteiger partial charge < -0.3 is 10.1 Å². The largest absolute Gasteiger partial charge is 0.372 e. The van der Waals surface area contributed by atoms with Gasteiger partial charge in [-0.25, -0.2) is 4.68 Å². The number of hydrogen-bond donors (Lipinski definition) is 1. The van der Waals surface area contributed by atoms with Crippen LogP contribution in [-0.4, -0.2) is 22.3 Å². The number of fused-ring (bicyclic) bond motifs is 2. The molecular formula is C21H21N3O2S. The Morgan fingerprint density at radius 3 is 3.00 bits per heavy atom. The van der Waals surface area contributed by atoms with Gasteiger partial charge in [0, 0.05) is 10.4 Å². The van der Waals surface area contributed by atoms with Crippen LogP contribution in [0.4, 0.5) is 5.82 Å². The van der Waals surface area contributed by atoms with Crippen molar-refractivity contribution >= 4 is 23.1 Å². The van der Waals surface area contributed by atoms with E-state index in [1.807, 2.05) is 35.0 Å². The summed E-state index contributed by atoms with van der Waals surface area (Å²) < 4.78 is 7.76. The van der Waals surface area contributed by atoms with E-state index in [4.69, 9.17) is 9.84 Å². The zero-order valence-electron chi connectivity index (χ0n) is 15.0. The Hall–Kier alpha value is -2.44. The maximum Gasteiger partial charge on any atom is 0.228 e. The molecule has 2 aliphatic rings. The van der Waals surface area contributed by atoms with E-state index in [-0.39, 0.29) is 12.0 Å². The summed E-state index contributed by atoms with van der Waals surface area (Å²) in [6, 6.07) is 12.1. The molecule has 3 aromatic rings. The molecule has 0 bridgehead atoms. The number of anilines is 1. The molecule has 1 N–H and O–H groups in total. The number of ether oxygens (including phenoxy) is 1. The third kappa shape index (κ3) is 3.09. The minimum atomic E-state index is -0.144. The molecule has 27 heavy (non-hydrogen) atoms. The fourth-order valence-corrected chi connectivity index (χ4v) is 5.01. The molecule has 138 valence electrons. The summed E-state index contributed by atoms with van der Waals surface area (Å²) >= 11 is 1.68. The lowest BCUT2D eigenvalue weighted by Crippen LogP contribution is -2.22. The minimum Gasteiger partial charge on any atom is -0.372 e. The Balaban J connectivity index is 1.40. The van der Waals surface area contributed by atoms with Gasteiger partial charge in [0.05, 0.1) is 24.4 Å². The first-order valence-electron chi connectivity index (χ1n) is 9.43. The molecule has 0 unspecified atom stereocenters. The summed E-state index contributed by atoms with van der Waals surface area (Å²) in [6.07, 6.45) is 4.16. The summed E-state index contributed by atoms with van der Waals surface area (Å²) in [5.74, 6) is 0.800. The summed E-state index contributed by atoms with van der Waals surface area (Å²) in [7, 11) is 0. The highest BCUT2D eigenvalue weighted by molar-refractivity contribution is 7.10. The van der Waals surface area contributed by atoms with Crippen LogP contribution in [0.25, 0.3) is 5.69 Å². The Bertz CT molecular complexity index is 977. The number of carbonyl (C=O) groups excluding carboxylic acids is 1. The van der Waals surface area contributed by atoms with Gasteiger partial charge in [0.25, 0.3) is 0 Å². The van der Waals surface area contributed by atoms with Crippen LogP contribution in [0.5, 0.6) is 0 Å². The Morgan fingerprint density at radius 1 is 1.22 bits per heavy atom. The van der Waals surface area contributed by atoms with Crippen molar-refractivity contribution in [1.82, 2.24) is 9.78 Å². The second-order valence-electron chi connectivity index (χ2n) is 7.05. The number of aromatic nitrogens is 2. The van der Waals surface area contributed by atoms with Gasteiger partial charge in [-0.15, -0.1) is 11.3 Å². The maximum absolute atomic E-state index is 12.9. The average Bonchev–Trinajstić information content (AvgIpc) is 3.40. The van der Waals surface area contributed by atoms with E-state index >= 15 is 0 Å². The summed E-state index contributed by atoms with van der Waals surface area (Å²) in [5, 5.41) is 9.99. The SMILES string of the molecule is O=C(C[C@@H]1OCCc2ccsc21)Nc1c2c(nn1-c1ccccc1)CCC2. The number of para-hydroxylation sites is 1. The molecule has 1 atom stereocenters. The number of hydrogen-bond acceptors (Lipinski definition) is 4. The quantitative estimate of drug-likeness (QED) is 0.744. The van der Waals surface area contributed by atoms with Crippen LogP contribution in [-0.2, 0) is 28.8 Å². The van der Waals surface area contributed by atoms with Gasteiger partial charge in [0.15, 0.2) is 0 Å². The van der Waals surface area contributed by atoms with Crippen LogP contribution in [0.3, 0.4) is 0 Å². The van der Waals surface area contributed by atoms with E-state index in [1.165, 1.54) is 16.0 Å². The fourth-order valence-electron chi connectivity index (χ4n) is 4.00. The third-order valence-corrected chi connectivity index (χ3v) is 6.35. The van der Waals surface area contributed by atoms with E-state index in [2.05, 4.69) is 16.8 Å². The molecule has 0 saturated carbocycles. The van der Waals surface area contributed by atoms with E-state index in [0.717, 1.165) is 42.9 Å². The predicted molar refractivity (Wildman–Crippen MR) is 106 cm³/mol. The van der Waals surface area contributed by atoms with Crippen molar-refractivity contribution in [3.8, 4) is 5.69 Å². The topological polar surface area (TPSA) is 56.1 Å². The Labute approximate surface area is 162 Å². The average molecular weight is 379 g/mol. The molecule has 3 heterocycles. The number of amides is 1. The molecule has 0 fully saturated rings. The lowest BCUT2D eigenvalue weighted by Gasteiger charge is -2.23. The molecule has 0 radical (unpaired) electrons. The number of rotatable bonds is 4. The fraction of sp³-hybridized carbons (Fsp3) is 0.333. The normalized spacial score (nSPS) is 18.1. The van der Waals surface area contributed by atoms with Crippen molar-refractivity contribution in [3.63, 3.8) is 0 Å². The molecular weight excluding hydrogens is 358 g/mol. The van der Waals surface area contributed by atoms with Crippen LogP contribution >= 0.6 is 11.3 Å². The number of benzene rings is 1. The first kappa shape index (κ1) is 16.7. The molecule has 2 aromatic heterocycles. The molecule has 1 aliphatic carbocycles. The second kappa shape index (κ2) is 6.94.